The van der Waals surface area contributed by atoms with Crippen LogP contribution in [0.5, 0.6) is 0 Å². The molecule has 1 aliphatic heterocycles. The molecule has 0 aromatic carbocycles. The van der Waals surface area contributed by atoms with Crippen molar-refractivity contribution in [3.05, 3.63) is 69.0 Å². The molecular weight excluding hydrogens is 512 g/mol. The van der Waals surface area contributed by atoms with Crippen LogP contribution in [-0.2, 0) is 4.79 Å². The summed E-state index contributed by atoms with van der Waals surface area (Å²) in [7, 11) is 0. The first-order valence-electron chi connectivity index (χ1n) is 12.9. The van der Waals surface area contributed by atoms with Gasteiger partial charge in [0.15, 0.2) is 5.65 Å². The Morgan fingerprint density at radius 3 is 2.49 bits per heavy atom. The number of amides is 1. The highest BCUT2D eigenvalue weighted by molar-refractivity contribution is 6.32. The summed E-state index contributed by atoms with van der Waals surface area (Å²) in [6.45, 7) is 18.6. The van der Waals surface area contributed by atoms with E-state index in [0.29, 0.717) is 46.3 Å². The third-order valence-corrected chi connectivity index (χ3v) is 7.20. The summed E-state index contributed by atoms with van der Waals surface area (Å²) >= 11 is 6.74. The number of hydrogen-bond donors (Lipinski definition) is 0. The number of aromatic nitrogens is 4. The fourth-order valence-electron chi connectivity index (χ4n) is 5.05. The Balaban J connectivity index is 0.00000420. The minimum absolute atomic E-state index is 0. The third-order valence-electron chi connectivity index (χ3n) is 6.89. The van der Waals surface area contributed by atoms with E-state index in [0.717, 1.165) is 16.8 Å². The number of rotatable bonds is 5. The lowest BCUT2D eigenvalue weighted by Gasteiger charge is -2.44. The smallest absolute Gasteiger partial charge is 0.349 e. The average molecular weight is 551 g/mol. The van der Waals surface area contributed by atoms with Gasteiger partial charge in [-0.05, 0) is 70.4 Å². The number of carbonyl (C=O) groups excluding carboxylic acids is 1. The number of fused-ring (bicyclic) bond motifs is 1. The van der Waals surface area contributed by atoms with Gasteiger partial charge in [0, 0.05) is 31.4 Å². The van der Waals surface area contributed by atoms with Gasteiger partial charge in [0.05, 0.1) is 27.5 Å². The molecule has 2 atom stereocenters. The van der Waals surface area contributed by atoms with Crippen molar-refractivity contribution in [3.63, 3.8) is 0 Å². The van der Waals surface area contributed by atoms with Crippen LogP contribution >= 0.6 is 11.6 Å². The molecule has 0 bridgehead atoms. The van der Waals surface area contributed by atoms with Crippen molar-refractivity contribution in [2.75, 3.05) is 18.0 Å². The fraction of sp³-hybridized carbons (Fsp3) is 0.433. The van der Waals surface area contributed by atoms with Crippen molar-refractivity contribution >= 4 is 40.4 Å². The van der Waals surface area contributed by atoms with E-state index in [2.05, 4.69) is 21.4 Å². The standard InChI is InChI=1S/C29H35ClN6O2.CH4/c1-9-24(37)34-14-20(8)35(15-19(34)7)27-21-13-22(30)23(12-16(2)3)32-28(21)36(29(38)33-27)26-18(6)10-11-31-25(26)17(4)5;/h9-13,17,19-20H,1,14-15H2,2-8H3;1H4/t19-,20+;/m1./s1. The van der Waals surface area contributed by atoms with E-state index >= 15 is 0 Å². The molecule has 4 rings (SSSR count). The van der Waals surface area contributed by atoms with Gasteiger partial charge in [-0.15, -0.1) is 0 Å². The van der Waals surface area contributed by atoms with Gasteiger partial charge in [0.1, 0.15) is 5.82 Å². The number of carbonyl (C=O) groups is 1. The van der Waals surface area contributed by atoms with Gasteiger partial charge >= 0.3 is 5.69 Å². The first kappa shape index (κ1) is 30.0. The monoisotopic (exact) mass is 550 g/mol. The molecule has 39 heavy (non-hydrogen) atoms. The highest BCUT2D eigenvalue weighted by atomic mass is 35.5. The minimum Gasteiger partial charge on any atom is -0.349 e. The van der Waals surface area contributed by atoms with Crippen LogP contribution in [0.2, 0.25) is 5.02 Å². The summed E-state index contributed by atoms with van der Waals surface area (Å²) in [6.07, 6.45) is 5.00. The van der Waals surface area contributed by atoms with Gasteiger partial charge < -0.3 is 9.80 Å². The largest absolute Gasteiger partial charge is 0.355 e. The number of piperazine rings is 1. The molecule has 1 amide bonds. The van der Waals surface area contributed by atoms with Gasteiger partial charge in [-0.2, -0.15) is 4.98 Å². The van der Waals surface area contributed by atoms with E-state index in [9.17, 15) is 9.59 Å². The quantitative estimate of drug-likeness (QED) is 0.366. The Bertz CT molecular complexity index is 1510. The van der Waals surface area contributed by atoms with Gasteiger partial charge in [0.25, 0.3) is 0 Å². The van der Waals surface area contributed by atoms with E-state index in [-0.39, 0.29) is 31.3 Å². The zero-order chi connectivity index (χ0) is 27.9. The van der Waals surface area contributed by atoms with Gasteiger partial charge in [0.2, 0.25) is 5.91 Å². The van der Waals surface area contributed by atoms with E-state index in [1.165, 1.54) is 6.08 Å². The summed E-state index contributed by atoms with van der Waals surface area (Å²) in [5.74, 6) is 0.478. The molecule has 0 unspecified atom stereocenters. The second kappa shape index (κ2) is 11.7. The molecule has 3 aromatic heterocycles. The number of halogens is 1. The summed E-state index contributed by atoms with van der Waals surface area (Å²) < 4.78 is 1.57. The van der Waals surface area contributed by atoms with Crippen LogP contribution in [-0.4, -0.2) is 55.5 Å². The fourth-order valence-corrected chi connectivity index (χ4v) is 5.25. The molecule has 0 aliphatic carbocycles. The van der Waals surface area contributed by atoms with Crippen LogP contribution in [0, 0.1) is 6.92 Å². The molecular formula is C30H39ClN6O2. The maximum absolute atomic E-state index is 13.9. The van der Waals surface area contributed by atoms with Crippen LogP contribution in [0.15, 0.2) is 41.4 Å². The lowest BCUT2D eigenvalue weighted by atomic mass is 10.0. The predicted octanol–water partition coefficient (Wildman–Crippen LogP) is 5.93. The highest BCUT2D eigenvalue weighted by Crippen LogP contribution is 2.33. The normalized spacial score (nSPS) is 17.3. The van der Waals surface area contributed by atoms with E-state index in [4.69, 9.17) is 16.6 Å². The predicted molar refractivity (Wildman–Crippen MR) is 161 cm³/mol. The van der Waals surface area contributed by atoms with E-state index < -0.39 is 5.69 Å². The zero-order valence-corrected chi connectivity index (χ0v) is 23.9. The summed E-state index contributed by atoms with van der Waals surface area (Å²) in [4.78, 5) is 44.3. The maximum Gasteiger partial charge on any atom is 0.355 e. The van der Waals surface area contributed by atoms with Gasteiger partial charge in [-0.25, -0.2) is 14.3 Å². The zero-order valence-electron chi connectivity index (χ0n) is 23.1. The number of hydrogen-bond acceptors (Lipinski definition) is 6. The molecule has 9 heteroatoms. The van der Waals surface area contributed by atoms with Gasteiger partial charge in [-0.1, -0.05) is 45.0 Å². The average Bonchev–Trinajstić information content (AvgIpc) is 2.85. The summed E-state index contributed by atoms with van der Waals surface area (Å²) in [5.41, 5.74) is 4.04. The lowest BCUT2D eigenvalue weighted by Crippen LogP contribution is -2.58. The van der Waals surface area contributed by atoms with Crippen LogP contribution in [0.25, 0.3) is 22.8 Å². The number of anilines is 1. The Kier molecular flexibility index (Phi) is 9.01. The third kappa shape index (κ3) is 5.62. The molecule has 208 valence electrons. The molecule has 3 aromatic rings. The number of pyridine rings is 2. The van der Waals surface area contributed by atoms with Crippen molar-refractivity contribution in [3.8, 4) is 5.69 Å². The molecule has 0 spiro atoms. The Labute approximate surface area is 236 Å². The molecule has 0 radical (unpaired) electrons. The van der Waals surface area contributed by atoms with E-state index in [1.54, 1.807) is 15.7 Å². The topological polar surface area (TPSA) is 84.2 Å². The van der Waals surface area contributed by atoms with Crippen LogP contribution < -0.4 is 10.6 Å². The summed E-state index contributed by atoms with van der Waals surface area (Å²) in [5, 5.41) is 1.14. The molecule has 4 heterocycles. The van der Waals surface area contributed by atoms with Crippen molar-refractivity contribution in [1.29, 1.82) is 0 Å². The van der Waals surface area contributed by atoms with Crippen LogP contribution in [0.1, 0.15) is 71.8 Å². The molecule has 1 fully saturated rings. The number of nitrogens with zero attached hydrogens (tertiary/aromatic N) is 6. The van der Waals surface area contributed by atoms with Crippen molar-refractivity contribution in [1.82, 2.24) is 24.4 Å². The molecule has 8 nitrogen and oxygen atoms in total. The first-order valence-corrected chi connectivity index (χ1v) is 13.3. The lowest BCUT2D eigenvalue weighted by molar-refractivity contribution is -0.128. The second-order valence-corrected chi connectivity index (χ2v) is 11.0. The van der Waals surface area contributed by atoms with Crippen LogP contribution in [0.3, 0.4) is 0 Å². The number of aryl methyl sites for hydroxylation is 1. The second-order valence-electron chi connectivity index (χ2n) is 10.6. The van der Waals surface area contributed by atoms with Crippen LogP contribution in [0.4, 0.5) is 5.82 Å². The Morgan fingerprint density at radius 2 is 1.87 bits per heavy atom. The molecule has 1 saturated heterocycles. The summed E-state index contributed by atoms with van der Waals surface area (Å²) in [6, 6.07) is 3.54. The minimum atomic E-state index is -0.437. The maximum atomic E-state index is 13.9. The Morgan fingerprint density at radius 1 is 1.18 bits per heavy atom. The molecule has 1 aliphatic rings. The Hall–Kier alpha value is -3.52. The SMILES string of the molecule is C.C=CC(=O)N1C[C@H](C)N(c2nc(=O)n(-c3c(C)ccnc3C(C)C)c3nc(C=C(C)C)c(Cl)cc23)C[C@H]1C. The van der Waals surface area contributed by atoms with E-state index in [1.807, 2.05) is 66.7 Å². The van der Waals surface area contributed by atoms with Crippen molar-refractivity contribution < 1.29 is 4.79 Å². The molecule has 0 N–H and O–H groups in total. The first-order chi connectivity index (χ1) is 17.9. The highest BCUT2D eigenvalue weighted by Gasteiger charge is 2.34. The number of allylic oxidation sites excluding steroid dienone is 1. The van der Waals surface area contributed by atoms with Crippen molar-refractivity contribution in [2.45, 2.75) is 73.9 Å². The van der Waals surface area contributed by atoms with Crippen molar-refractivity contribution in [2.24, 2.45) is 0 Å². The molecule has 0 saturated carbocycles. The van der Waals surface area contributed by atoms with Gasteiger partial charge in [-0.3, -0.25) is 9.78 Å².